The summed E-state index contributed by atoms with van der Waals surface area (Å²) in [5, 5.41) is 4.04. The molecule has 0 spiro atoms. The van der Waals surface area contributed by atoms with Gasteiger partial charge in [0.05, 0.1) is 25.0 Å². The molecule has 0 bridgehead atoms. The number of ether oxygens (including phenoxy) is 2. The first-order valence-corrected chi connectivity index (χ1v) is 13.6. The molecule has 4 heterocycles. The van der Waals surface area contributed by atoms with Gasteiger partial charge in [-0.3, -0.25) is 4.79 Å². The fourth-order valence-electron chi connectivity index (χ4n) is 4.78. The Bertz CT molecular complexity index is 1200. The molecular weight excluding hydrogens is 474 g/mol. The zero-order valence-electron chi connectivity index (χ0n) is 21.7. The van der Waals surface area contributed by atoms with Gasteiger partial charge in [0.1, 0.15) is 15.5 Å². The number of pyridine rings is 2. The van der Waals surface area contributed by atoms with Crippen LogP contribution < -0.4 is 16.0 Å². The van der Waals surface area contributed by atoms with Crippen molar-refractivity contribution in [1.29, 1.82) is 0 Å². The lowest BCUT2D eigenvalue weighted by Crippen LogP contribution is -2.39. The van der Waals surface area contributed by atoms with Crippen LogP contribution in [0, 0.1) is 6.92 Å². The number of nitrogens with zero attached hydrogens (tertiary/aromatic N) is 3. The highest BCUT2D eigenvalue weighted by Crippen LogP contribution is 2.33. The van der Waals surface area contributed by atoms with Crippen LogP contribution in [0.3, 0.4) is 0 Å². The summed E-state index contributed by atoms with van der Waals surface area (Å²) in [4.78, 5) is 26.1. The molecule has 36 heavy (non-hydrogen) atoms. The molecule has 0 aromatic carbocycles. The molecule has 2 unspecified atom stereocenters. The van der Waals surface area contributed by atoms with Crippen LogP contribution in [0.1, 0.15) is 53.3 Å². The Hall–Kier alpha value is -2.75. The number of anilines is 2. The maximum absolute atomic E-state index is 13.0. The van der Waals surface area contributed by atoms with Gasteiger partial charge in [-0.15, -0.1) is 11.3 Å². The Morgan fingerprint density at radius 2 is 2.03 bits per heavy atom. The van der Waals surface area contributed by atoms with Gasteiger partial charge in [-0.25, -0.2) is 9.97 Å². The number of carbonyl (C=O) groups excluding carboxylic acids is 1. The summed E-state index contributed by atoms with van der Waals surface area (Å²) in [6.45, 7) is 9.00. The van der Waals surface area contributed by atoms with E-state index in [1.54, 1.807) is 7.11 Å². The van der Waals surface area contributed by atoms with Gasteiger partial charge in [0.2, 0.25) is 0 Å². The van der Waals surface area contributed by atoms with E-state index in [1.807, 2.05) is 32.9 Å². The topological polar surface area (TPSA) is 103 Å². The van der Waals surface area contributed by atoms with Gasteiger partial charge in [0.15, 0.2) is 0 Å². The van der Waals surface area contributed by atoms with Crippen molar-refractivity contribution >= 4 is 39.0 Å². The largest absolute Gasteiger partial charge is 0.397 e. The van der Waals surface area contributed by atoms with Gasteiger partial charge < -0.3 is 25.4 Å². The number of thiophene rings is 1. The smallest absolute Gasteiger partial charge is 0.263 e. The molecular formula is C27H37N5O3S. The number of nitrogens with one attached hydrogen (secondary N) is 1. The van der Waals surface area contributed by atoms with Crippen LogP contribution in [0.4, 0.5) is 11.5 Å². The standard InChI is InChI=1S/C25H31N5O3S.C2H6/c1-15-3-6-19-22(26)23(34-25(19)27-15)24(31)28-17-5-7-20-16(13-17)4-8-21(29-20)30-10-9-18(14-30)33-12-11-32-2;1-2/h3-4,6,8,17-18H,5,7,9-14,26H2,1-2H3,(H,28,31);1-2H3. The third-order valence-corrected chi connectivity index (χ3v) is 7.75. The van der Waals surface area contributed by atoms with Crippen molar-refractivity contribution in [3.05, 3.63) is 46.1 Å². The van der Waals surface area contributed by atoms with Crippen LogP contribution in [-0.4, -0.2) is 61.4 Å². The summed E-state index contributed by atoms with van der Waals surface area (Å²) in [5.74, 6) is 0.896. The minimum Gasteiger partial charge on any atom is -0.397 e. The number of rotatable bonds is 7. The van der Waals surface area contributed by atoms with Crippen molar-refractivity contribution in [2.24, 2.45) is 0 Å². The SMILES string of the molecule is CC.COCCOC1CCN(c2ccc3c(n2)CCC(NC(=O)c2sc4nc(C)ccc4c2N)C3)C1. The summed E-state index contributed by atoms with van der Waals surface area (Å²) < 4.78 is 11.0. The van der Waals surface area contributed by atoms with Gasteiger partial charge in [-0.05, 0) is 56.4 Å². The molecule has 3 N–H and O–H groups in total. The number of amides is 1. The highest BCUT2D eigenvalue weighted by atomic mass is 32.1. The average Bonchev–Trinajstić information content (AvgIpc) is 3.49. The summed E-state index contributed by atoms with van der Waals surface area (Å²) in [5.41, 5.74) is 10.0. The molecule has 0 saturated carbocycles. The lowest BCUT2D eigenvalue weighted by Gasteiger charge is -2.26. The van der Waals surface area contributed by atoms with E-state index in [9.17, 15) is 4.79 Å². The molecule has 1 aliphatic heterocycles. The second kappa shape index (κ2) is 12.0. The van der Waals surface area contributed by atoms with Gasteiger partial charge in [0.25, 0.3) is 5.91 Å². The number of hydrogen-bond donors (Lipinski definition) is 2. The third-order valence-electron chi connectivity index (χ3n) is 6.63. The van der Waals surface area contributed by atoms with Crippen molar-refractivity contribution < 1.29 is 14.3 Å². The Balaban J connectivity index is 0.00000148. The first kappa shape index (κ1) is 26.3. The van der Waals surface area contributed by atoms with E-state index in [4.69, 9.17) is 20.2 Å². The van der Waals surface area contributed by atoms with Crippen LogP contribution in [0.2, 0.25) is 0 Å². The van der Waals surface area contributed by atoms with Gasteiger partial charge in [-0.2, -0.15) is 0 Å². The summed E-state index contributed by atoms with van der Waals surface area (Å²) in [6, 6.07) is 8.18. The lowest BCUT2D eigenvalue weighted by molar-refractivity contribution is 0.0280. The monoisotopic (exact) mass is 511 g/mol. The van der Waals surface area contributed by atoms with Crippen LogP contribution >= 0.6 is 11.3 Å². The minimum absolute atomic E-state index is 0.0670. The van der Waals surface area contributed by atoms with Crippen LogP contribution in [0.5, 0.6) is 0 Å². The van der Waals surface area contributed by atoms with Crippen molar-refractivity contribution in [2.75, 3.05) is 44.0 Å². The van der Waals surface area contributed by atoms with Crippen molar-refractivity contribution in [3.8, 4) is 0 Å². The number of aryl methyl sites for hydroxylation is 2. The number of carbonyl (C=O) groups is 1. The van der Waals surface area contributed by atoms with Crippen LogP contribution in [0.15, 0.2) is 24.3 Å². The molecule has 3 aromatic rings. The van der Waals surface area contributed by atoms with Crippen molar-refractivity contribution in [3.63, 3.8) is 0 Å². The number of hydrogen-bond acceptors (Lipinski definition) is 8. The van der Waals surface area contributed by atoms with Crippen LogP contribution in [-0.2, 0) is 22.3 Å². The molecule has 8 nitrogen and oxygen atoms in total. The molecule has 0 radical (unpaired) electrons. The predicted octanol–water partition coefficient (Wildman–Crippen LogP) is 4.14. The Labute approximate surface area is 217 Å². The molecule has 2 atom stereocenters. The summed E-state index contributed by atoms with van der Waals surface area (Å²) in [6.07, 6.45) is 3.72. The van der Waals surface area contributed by atoms with E-state index in [2.05, 4.69) is 27.3 Å². The fourth-order valence-corrected chi connectivity index (χ4v) is 5.82. The molecule has 9 heteroatoms. The van der Waals surface area contributed by atoms with Gasteiger partial charge in [0, 0.05) is 43.0 Å². The Kier molecular flexibility index (Phi) is 8.77. The molecule has 1 fully saturated rings. The number of fused-ring (bicyclic) bond motifs is 2. The normalized spacial score (nSPS) is 19.1. The quantitative estimate of drug-likeness (QED) is 0.460. The second-order valence-corrected chi connectivity index (χ2v) is 10.1. The first-order chi connectivity index (χ1) is 17.5. The number of nitrogens with two attached hydrogens (primary N) is 1. The zero-order chi connectivity index (χ0) is 25.7. The third kappa shape index (κ3) is 5.79. The predicted molar refractivity (Wildman–Crippen MR) is 146 cm³/mol. The van der Waals surface area contributed by atoms with E-state index in [1.165, 1.54) is 16.9 Å². The van der Waals surface area contributed by atoms with E-state index < -0.39 is 0 Å². The fraction of sp³-hybridized carbons (Fsp3) is 0.519. The molecule has 194 valence electrons. The minimum atomic E-state index is -0.118. The number of methoxy groups -OCH3 is 1. The number of nitrogen functional groups attached to an aromatic ring is 1. The molecule has 2 aliphatic rings. The van der Waals surface area contributed by atoms with Gasteiger partial charge >= 0.3 is 0 Å². The highest BCUT2D eigenvalue weighted by Gasteiger charge is 2.27. The second-order valence-electron chi connectivity index (χ2n) is 9.06. The summed E-state index contributed by atoms with van der Waals surface area (Å²) >= 11 is 1.36. The van der Waals surface area contributed by atoms with E-state index in [0.717, 1.165) is 66.2 Å². The molecule has 1 saturated heterocycles. The van der Waals surface area contributed by atoms with E-state index in [0.29, 0.717) is 23.8 Å². The lowest BCUT2D eigenvalue weighted by atomic mass is 9.91. The molecule has 1 amide bonds. The maximum atomic E-state index is 13.0. The van der Waals surface area contributed by atoms with E-state index >= 15 is 0 Å². The van der Waals surface area contributed by atoms with Crippen LogP contribution in [0.25, 0.3) is 10.2 Å². The maximum Gasteiger partial charge on any atom is 0.263 e. The Morgan fingerprint density at radius 1 is 1.19 bits per heavy atom. The molecule has 5 rings (SSSR count). The van der Waals surface area contributed by atoms with Crippen molar-refractivity contribution in [1.82, 2.24) is 15.3 Å². The molecule has 1 aliphatic carbocycles. The average molecular weight is 512 g/mol. The Morgan fingerprint density at radius 3 is 2.83 bits per heavy atom. The van der Waals surface area contributed by atoms with Gasteiger partial charge in [-0.1, -0.05) is 19.9 Å². The zero-order valence-corrected chi connectivity index (χ0v) is 22.5. The highest BCUT2D eigenvalue weighted by molar-refractivity contribution is 7.21. The summed E-state index contributed by atoms with van der Waals surface area (Å²) in [7, 11) is 1.69. The van der Waals surface area contributed by atoms with E-state index in [-0.39, 0.29) is 18.1 Å². The molecule has 3 aromatic heterocycles. The van der Waals surface area contributed by atoms with Crippen molar-refractivity contribution in [2.45, 2.75) is 58.6 Å². The first-order valence-electron chi connectivity index (χ1n) is 12.8. The number of aromatic nitrogens is 2.